The van der Waals surface area contributed by atoms with Gasteiger partial charge in [0.15, 0.2) is 6.10 Å². The molecule has 2 saturated carbocycles. The van der Waals surface area contributed by atoms with Gasteiger partial charge in [-0.1, -0.05) is 6.42 Å². The number of hydrogen-bond acceptors (Lipinski definition) is 2. The van der Waals surface area contributed by atoms with Gasteiger partial charge in [-0.25, -0.2) is 0 Å². The summed E-state index contributed by atoms with van der Waals surface area (Å²) in [6.45, 7) is -0.747. The topological polar surface area (TPSA) is 49.3 Å². The minimum Gasteiger partial charge on any atom is -0.382 e. The van der Waals surface area contributed by atoms with E-state index in [1.807, 2.05) is 0 Å². The van der Waals surface area contributed by atoms with Crippen molar-refractivity contribution in [1.82, 2.24) is 5.32 Å². The lowest BCUT2D eigenvalue weighted by molar-refractivity contribution is -0.201. The summed E-state index contributed by atoms with van der Waals surface area (Å²) in [6, 6.07) is 0. The molecule has 2 N–H and O–H groups in total. The zero-order valence-corrected chi connectivity index (χ0v) is 10.0. The summed E-state index contributed by atoms with van der Waals surface area (Å²) < 4.78 is 36.1. The van der Waals surface area contributed by atoms with Crippen LogP contribution in [0.3, 0.4) is 0 Å². The zero-order valence-electron chi connectivity index (χ0n) is 10.0. The lowest BCUT2D eigenvalue weighted by Gasteiger charge is -2.21. The molecular formula is C12H18F3NO2. The number of nitrogens with one attached hydrogen (secondary N) is 1. The summed E-state index contributed by atoms with van der Waals surface area (Å²) in [5, 5.41) is 10.9. The lowest BCUT2D eigenvalue weighted by atomic mass is 9.86. The van der Waals surface area contributed by atoms with Crippen molar-refractivity contribution < 1.29 is 23.1 Å². The maximum atomic E-state index is 12.0. The summed E-state index contributed by atoms with van der Waals surface area (Å²) in [4.78, 5) is 11.5. The number of halogens is 3. The van der Waals surface area contributed by atoms with Crippen molar-refractivity contribution >= 4 is 5.91 Å². The molecule has 0 heterocycles. The summed E-state index contributed by atoms with van der Waals surface area (Å²) in [5.41, 5.74) is 0. The number of aliphatic hydroxyl groups excluding tert-OH is 1. The third kappa shape index (κ3) is 3.16. The van der Waals surface area contributed by atoms with E-state index in [4.69, 9.17) is 5.11 Å². The standard InChI is InChI=1S/C12H18F3NO2/c13-12(14,15)10(17)6-16-11(18)5-9-4-7-1-2-8(9)3-7/h7-10,17H,1-6H2,(H,16,18). The maximum absolute atomic E-state index is 12.0. The molecule has 2 aliphatic rings. The molecule has 2 bridgehead atoms. The second-order valence-corrected chi connectivity index (χ2v) is 5.50. The Morgan fingerprint density at radius 3 is 2.56 bits per heavy atom. The Kier molecular flexibility index (Phi) is 3.84. The maximum Gasteiger partial charge on any atom is 0.416 e. The number of hydrogen-bond donors (Lipinski definition) is 2. The van der Waals surface area contributed by atoms with Gasteiger partial charge in [0.1, 0.15) is 0 Å². The summed E-state index contributed by atoms with van der Waals surface area (Å²) in [6.07, 6.45) is -2.26. The van der Waals surface area contributed by atoms with Crippen LogP contribution >= 0.6 is 0 Å². The van der Waals surface area contributed by atoms with E-state index >= 15 is 0 Å². The van der Waals surface area contributed by atoms with Gasteiger partial charge in [-0.2, -0.15) is 13.2 Å². The van der Waals surface area contributed by atoms with Gasteiger partial charge in [0.2, 0.25) is 5.91 Å². The van der Waals surface area contributed by atoms with Gasteiger partial charge >= 0.3 is 6.18 Å². The highest BCUT2D eigenvalue weighted by Gasteiger charge is 2.41. The van der Waals surface area contributed by atoms with E-state index in [0.29, 0.717) is 24.2 Å². The van der Waals surface area contributed by atoms with Gasteiger partial charge in [-0.05, 0) is 37.0 Å². The number of amides is 1. The molecule has 0 saturated heterocycles. The first-order chi connectivity index (χ1) is 8.36. The van der Waals surface area contributed by atoms with E-state index in [9.17, 15) is 18.0 Å². The number of rotatable bonds is 4. The molecule has 0 aromatic rings. The molecule has 6 heteroatoms. The summed E-state index contributed by atoms with van der Waals surface area (Å²) in [7, 11) is 0. The second kappa shape index (κ2) is 5.07. The molecule has 1 amide bonds. The van der Waals surface area contributed by atoms with Gasteiger partial charge < -0.3 is 10.4 Å². The lowest BCUT2D eigenvalue weighted by Crippen LogP contribution is -2.41. The number of aliphatic hydroxyl groups is 1. The van der Waals surface area contributed by atoms with E-state index in [0.717, 1.165) is 12.8 Å². The minimum absolute atomic E-state index is 0.297. The molecule has 0 aromatic carbocycles. The van der Waals surface area contributed by atoms with Crippen molar-refractivity contribution in [2.75, 3.05) is 6.54 Å². The minimum atomic E-state index is -4.67. The molecule has 104 valence electrons. The Bertz CT molecular complexity index is 319. The van der Waals surface area contributed by atoms with Crippen molar-refractivity contribution in [2.45, 2.75) is 44.4 Å². The normalized spacial score (nSPS) is 32.6. The first kappa shape index (κ1) is 13.6. The first-order valence-corrected chi connectivity index (χ1v) is 6.37. The van der Waals surface area contributed by atoms with E-state index in [1.165, 1.54) is 12.8 Å². The molecule has 0 aromatic heterocycles. The van der Waals surface area contributed by atoms with E-state index in [2.05, 4.69) is 5.32 Å². The molecule has 0 aliphatic heterocycles. The largest absolute Gasteiger partial charge is 0.416 e. The number of fused-ring (bicyclic) bond motifs is 2. The predicted molar refractivity (Wildman–Crippen MR) is 58.6 cm³/mol. The average molecular weight is 265 g/mol. The van der Waals surface area contributed by atoms with Crippen LogP contribution in [0, 0.1) is 17.8 Å². The van der Waals surface area contributed by atoms with E-state index in [-0.39, 0.29) is 5.91 Å². The number of alkyl halides is 3. The van der Waals surface area contributed by atoms with Crippen LogP contribution in [0.25, 0.3) is 0 Å². The van der Waals surface area contributed by atoms with Gasteiger partial charge in [0.25, 0.3) is 0 Å². The van der Waals surface area contributed by atoms with Crippen molar-refractivity contribution in [2.24, 2.45) is 17.8 Å². The SMILES string of the molecule is O=C(CC1CC2CCC1C2)NCC(O)C(F)(F)F. The van der Waals surface area contributed by atoms with Crippen LogP contribution in [0.4, 0.5) is 13.2 Å². The fourth-order valence-corrected chi connectivity index (χ4v) is 3.26. The Balaban J connectivity index is 1.70. The van der Waals surface area contributed by atoms with E-state index < -0.39 is 18.8 Å². The highest BCUT2D eigenvalue weighted by atomic mass is 19.4. The predicted octanol–water partition coefficient (Wildman–Crippen LogP) is 1.85. The highest BCUT2D eigenvalue weighted by molar-refractivity contribution is 5.76. The first-order valence-electron chi connectivity index (χ1n) is 6.37. The quantitative estimate of drug-likeness (QED) is 0.815. The fraction of sp³-hybridized carbons (Fsp3) is 0.917. The van der Waals surface area contributed by atoms with Crippen molar-refractivity contribution in [3.8, 4) is 0 Å². The average Bonchev–Trinajstić information content (AvgIpc) is 2.86. The second-order valence-electron chi connectivity index (χ2n) is 5.50. The summed E-state index contributed by atoms with van der Waals surface area (Å²) >= 11 is 0. The molecule has 2 aliphatic carbocycles. The molecule has 0 radical (unpaired) electrons. The molecule has 4 atom stereocenters. The smallest absolute Gasteiger partial charge is 0.382 e. The molecule has 18 heavy (non-hydrogen) atoms. The Morgan fingerprint density at radius 1 is 1.33 bits per heavy atom. The zero-order chi connectivity index (χ0) is 13.3. The van der Waals surface area contributed by atoms with Crippen LogP contribution in [0.2, 0.25) is 0 Å². The van der Waals surface area contributed by atoms with Crippen LogP contribution in [0.15, 0.2) is 0 Å². The van der Waals surface area contributed by atoms with Gasteiger partial charge in [-0.15, -0.1) is 0 Å². The van der Waals surface area contributed by atoms with Crippen LogP contribution in [-0.4, -0.2) is 29.8 Å². The molecule has 2 rings (SSSR count). The number of carbonyl (C=O) groups excluding carboxylic acids is 1. The van der Waals surface area contributed by atoms with Gasteiger partial charge in [-0.3, -0.25) is 4.79 Å². The Morgan fingerprint density at radius 2 is 2.06 bits per heavy atom. The van der Waals surface area contributed by atoms with Crippen molar-refractivity contribution in [1.29, 1.82) is 0 Å². The van der Waals surface area contributed by atoms with Crippen LogP contribution in [0.5, 0.6) is 0 Å². The molecule has 4 unspecified atom stereocenters. The van der Waals surface area contributed by atoms with Crippen LogP contribution in [-0.2, 0) is 4.79 Å². The van der Waals surface area contributed by atoms with Crippen LogP contribution < -0.4 is 5.32 Å². The third-order valence-corrected chi connectivity index (χ3v) is 4.20. The Labute approximate surface area is 104 Å². The monoisotopic (exact) mass is 265 g/mol. The van der Waals surface area contributed by atoms with Gasteiger partial charge in [0, 0.05) is 6.42 Å². The molecule has 2 fully saturated rings. The molecular weight excluding hydrogens is 247 g/mol. The molecule has 0 spiro atoms. The fourth-order valence-electron chi connectivity index (χ4n) is 3.26. The highest BCUT2D eigenvalue weighted by Crippen LogP contribution is 2.49. The summed E-state index contributed by atoms with van der Waals surface area (Å²) in [5.74, 6) is 1.24. The van der Waals surface area contributed by atoms with E-state index in [1.54, 1.807) is 0 Å². The van der Waals surface area contributed by atoms with Crippen LogP contribution in [0.1, 0.15) is 32.1 Å². The van der Waals surface area contributed by atoms with Crippen molar-refractivity contribution in [3.05, 3.63) is 0 Å². The van der Waals surface area contributed by atoms with Gasteiger partial charge in [0.05, 0.1) is 6.54 Å². The number of carbonyl (C=O) groups is 1. The molecule has 3 nitrogen and oxygen atoms in total. The Hall–Kier alpha value is -0.780. The van der Waals surface area contributed by atoms with Crippen molar-refractivity contribution in [3.63, 3.8) is 0 Å². The third-order valence-electron chi connectivity index (χ3n) is 4.20.